The van der Waals surface area contributed by atoms with Gasteiger partial charge >= 0.3 is 0 Å². The van der Waals surface area contributed by atoms with Gasteiger partial charge in [0.2, 0.25) is 5.91 Å². The molecule has 1 atom stereocenters. The summed E-state index contributed by atoms with van der Waals surface area (Å²) in [7, 11) is 0. The lowest BCUT2D eigenvalue weighted by Crippen LogP contribution is -2.25. The third kappa shape index (κ3) is 4.18. The van der Waals surface area contributed by atoms with Gasteiger partial charge in [-0.15, -0.1) is 0 Å². The lowest BCUT2D eigenvalue weighted by Gasteiger charge is -2.16. The van der Waals surface area contributed by atoms with Crippen molar-refractivity contribution in [2.75, 3.05) is 10.6 Å². The van der Waals surface area contributed by atoms with Crippen molar-refractivity contribution in [2.24, 2.45) is 0 Å². The van der Waals surface area contributed by atoms with E-state index in [1.54, 1.807) is 54.1 Å². The summed E-state index contributed by atoms with van der Waals surface area (Å²) in [5.74, 6) is -0.718. The van der Waals surface area contributed by atoms with Crippen LogP contribution >= 0.6 is 11.6 Å². The molecule has 0 aliphatic heterocycles. The lowest BCUT2D eigenvalue weighted by atomic mass is 10.0. The highest BCUT2D eigenvalue weighted by molar-refractivity contribution is 6.34. The number of aromatic nitrogens is 2. The second-order valence-corrected chi connectivity index (χ2v) is 9.23. The summed E-state index contributed by atoms with van der Waals surface area (Å²) in [6.45, 7) is 5.53. The normalized spacial score (nSPS) is 12.6. The number of hydrogen-bond acceptors (Lipinski definition) is 4. The zero-order valence-corrected chi connectivity index (χ0v) is 20.7. The van der Waals surface area contributed by atoms with Crippen LogP contribution in [0, 0.1) is 13.8 Å². The third-order valence-corrected chi connectivity index (χ3v) is 6.58. The third-order valence-electron chi connectivity index (χ3n) is 6.26. The maximum absolute atomic E-state index is 12.9. The summed E-state index contributed by atoms with van der Waals surface area (Å²) in [6.07, 6.45) is 0. The smallest absolute Gasteiger partial charge is 0.255 e. The van der Waals surface area contributed by atoms with Crippen LogP contribution in [-0.4, -0.2) is 27.4 Å². The first-order valence-corrected chi connectivity index (χ1v) is 11.8. The molecule has 1 aromatic heterocycles. The number of carbonyl (C=O) groups excluding carboxylic acids is 3. The molecule has 0 saturated heterocycles. The minimum Gasteiger partial charge on any atom is -0.323 e. The number of ketones is 1. The lowest BCUT2D eigenvalue weighted by molar-refractivity contribution is -0.119. The largest absolute Gasteiger partial charge is 0.323 e. The van der Waals surface area contributed by atoms with Gasteiger partial charge in [0, 0.05) is 28.1 Å². The van der Waals surface area contributed by atoms with Crippen LogP contribution in [-0.2, 0) is 4.79 Å². The van der Waals surface area contributed by atoms with Crippen LogP contribution in [0.25, 0.3) is 11.1 Å². The molecule has 4 aromatic rings. The van der Waals surface area contributed by atoms with Crippen molar-refractivity contribution in [3.8, 4) is 11.1 Å². The van der Waals surface area contributed by atoms with E-state index >= 15 is 0 Å². The van der Waals surface area contributed by atoms with Gasteiger partial charge in [-0.3, -0.25) is 19.1 Å². The van der Waals surface area contributed by atoms with Crippen molar-refractivity contribution < 1.29 is 14.4 Å². The highest BCUT2D eigenvalue weighted by Crippen LogP contribution is 2.37. The van der Waals surface area contributed by atoms with Crippen LogP contribution in [0.5, 0.6) is 0 Å². The standard InChI is InChI=1S/C28H23ClN4O3/c1-15-12-16(2)33(32-15)17(3)27(35)31-25-11-9-19(14-24(25)29)30-28(36)18-8-10-21-20-6-4-5-7-22(20)26(34)23(21)13-18/h4-14,17H,1-3H3,(H,30,36)(H,31,35). The molecule has 2 amide bonds. The van der Waals surface area contributed by atoms with E-state index in [1.165, 1.54) is 0 Å². The molecule has 0 fully saturated rings. The number of hydrogen-bond donors (Lipinski definition) is 2. The average Bonchev–Trinajstić information content (AvgIpc) is 3.35. The Balaban J connectivity index is 1.29. The van der Waals surface area contributed by atoms with E-state index in [2.05, 4.69) is 15.7 Å². The van der Waals surface area contributed by atoms with Crippen LogP contribution in [0.3, 0.4) is 0 Å². The number of carbonyl (C=O) groups is 3. The quantitative estimate of drug-likeness (QED) is 0.319. The molecule has 0 radical (unpaired) electrons. The number of rotatable bonds is 5. The molecule has 3 aromatic carbocycles. The summed E-state index contributed by atoms with van der Waals surface area (Å²) >= 11 is 6.40. The van der Waals surface area contributed by atoms with Gasteiger partial charge < -0.3 is 10.6 Å². The Morgan fingerprint density at radius 1 is 0.889 bits per heavy atom. The van der Waals surface area contributed by atoms with Crippen molar-refractivity contribution in [1.29, 1.82) is 0 Å². The van der Waals surface area contributed by atoms with E-state index in [0.717, 1.165) is 22.5 Å². The van der Waals surface area contributed by atoms with Crippen LogP contribution in [0.1, 0.15) is 50.6 Å². The van der Waals surface area contributed by atoms with Gasteiger partial charge in [-0.05, 0) is 68.3 Å². The van der Waals surface area contributed by atoms with E-state index in [-0.39, 0.29) is 22.6 Å². The zero-order chi connectivity index (χ0) is 25.6. The molecule has 7 nitrogen and oxygen atoms in total. The molecular weight excluding hydrogens is 476 g/mol. The van der Waals surface area contributed by atoms with Crippen molar-refractivity contribution >= 4 is 40.6 Å². The van der Waals surface area contributed by atoms with Crippen LogP contribution < -0.4 is 10.6 Å². The molecule has 0 bridgehead atoms. The molecule has 1 aliphatic carbocycles. The van der Waals surface area contributed by atoms with Gasteiger partial charge in [0.05, 0.1) is 16.4 Å². The fraction of sp³-hybridized carbons (Fsp3) is 0.143. The van der Waals surface area contributed by atoms with E-state index in [4.69, 9.17) is 11.6 Å². The Labute approximate surface area is 213 Å². The molecule has 0 spiro atoms. The molecule has 1 heterocycles. The Morgan fingerprint density at radius 2 is 1.61 bits per heavy atom. The molecule has 1 aliphatic rings. The van der Waals surface area contributed by atoms with Gasteiger partial charge in [0.25, 0.3) is 5.91 Å². The number of nitrogens with one attached hydrogen (secondary N) is 2. The molecular formula is C28H23ClN4O3. The zero-order valence-electron chi connectivity index (χ0n) is 19.9. The summed E-state index contributed by atoms with van der Waals surface area (Å²) in [5.41, 5.74) is 5.82. The average molecular weight is 499 g/mol. The minimum absolute atomic E-state index is 0.0897. The fourth-order valence-corrected chi connectivity index (χ4v) is 4.68. The number of amides is 2. The van der Waals surface area contributed by atoms with E-state index in [1.807, 2.05) is 38.1 Å². The van der Waals surface area contributed by atoms with E-state index in [9.17, 15) is 14.4 Å². The molecule has 5 rings (SSSR count). The first-order chi connectivity index (χ1) is 17.2. The second-order valence-electron chi connectivity index (χ2n) is 8.82. The van der Waals surface area contributed by atoms with Gasteiger partial charge in [-0.2, -0.15) is 5.10 Å². The number of aryl methyl sites for hydroxylation is 2. The first kappa shape index (κ1) is 23.5. The number of anilines is 2. The summed E-state index contributed by atoms with van der Waals surface area (Å²) in [4.78, 5) is 38.4. The number of halogens is 1. The van der Waals surface area contributed by atoms with Gasteiger partial charge in [-0.1, -0.05) is 41.9 Å². The topological polar surface area (TPSA) is 93.1 Å². The van der Waals surface area contributed by atoms with Gasteiger partial charge in [0.1, 0.15) is 6.04 Å². The first-order valence-electron chi connectivity index (χ1n) is 11.5. The molecule has 1 unspecified atom stereocenters. The Morgan fingerprint density at radius 3 is 2.31 bits per heavy atom. The number of nitrogens with zero attached hydrogens (tertiary/aromatic N) is 2. The monoisotopic (exact) mass is 498 g/mol. The molecule has 180 valence electrons. The highest BCUT2D eigenvalue weighted by atomic mass is 35.5. The maximum Gasteiger partial charge on any atom is 0.255 e. The van der Waals surface area contributed by atoms with Crippen molar-refractivity contribution in [3.05, 3.63) is 99.8 Å². The molecule has 2 N–H and O–H groups in total. The SMILES string of the molecule is Cc1cc(C)n(C(C)C(=O)Nc2ccc(NC(=O)c3ccc4c(c3)C(=O)c3ccccc3-4)cc2Cl)n1. The van der Waals surface area contributed by atoms with Crippen molar-refractivity contribution in [2.45, 2.75) is 26.8 Å². The second kappa shape index (κ2) is 9.09. The van der Waals surface area contributed by atoms with Crippen LogP contribution in [0.4, 0.5) is 11.4 Å². The van der Waals surface area contributed by atoms with Crippen molar-refractivity contribution in [3.63, 3.8) is 0 Å². The molecule has 36 heavy (non-hydrogen) atoms. The summed E-state index contributed by atoms with van der Waals surface area (Å²) < 4.78 is 1.66. The predicted octanol–water partition coefficient (Wildman–Crippen LogP) is 5.82. The predicted molar refractivity (Wildman–Crippen MR) is 140 cm³/mol. The fourth-order valence-electron chi connectivity index (χ4n) is 4.45. The molecule has 8 heteroatoms. The highest BCUT2D eigenvalue weighted by Gasteiger charge is 2.27. The van der Waals surface area contributed by atoms with E-state index < -0.39 is 6.04 Å². The summed E-state index contributed by atoms with van der Waals surface area (Å²) in [5, 5.41) is 10.3. The molecule has 0 saturated carbocycles. The maximum atomic E-state index is 12.9. The van der Waals surface area contributed by atoms with E-state index in [0.29, 0.717) is 28.1 Å². The summed E-state index contributed by atoms with van der Waals surface area (Å²) in [6, 6.07) is 18.7. The number of fused-ring (bicyclic) bond motifs is 3. The number of benzene rings is 3. The van der Waals surface area contributed by atoms with Gasteiger partial charge in [0.15, 0.2) is 5.78 Å². The Hall–Kier alpha value is -4.23. The Kier molecular flexibility index (Phi) is 5.94. The minimum atomic E-state index is -0.525. The van der Waals surface area contributed by atoms with Crippen LogP contribution in [0.15, 0.2) is 66.7 Å². The Bertz CT molecular complexity index is 1560. The van der Waals surface area contributed by atoms with Crippen molar-refractivity contribution in [1.82, 2.24) is 9.78 Å². The van der Waals surface area contributed by atoms with Gasteiger partial charge in [-0.25, -0.2) is 0 Å². The van der Waals surface area contributed by atoms with Crippen LogP contribution in [0.2, 0.25) is 5.02 Å².